The van der Waals surface area contributed by atoms with Gasteiger partial charge < -0.3 is 14.8 Å². The summed E-state index contributed by atoms with van der Waals surface area (Å²) >= 11 is 0. The topological polar surface area (TPSA) is 20.6 Å². The van der Waals surface area contributed by atoms with Crippen LogP contribution >= 0.6 is 0 Å². The van der Waals surface area contributed by atoms with Gasteiger partial charge in [0.2, 0.25) is 0 Å². The average Bonchev–Trinajstić information content (AvgIpc) is 3.63. The molecule has 0 spiro atoms. The number of anilines is 4. The molecule has 1 aromatic heterocycles. The molecule has 5 aromatic carbocycles. The standard InChI is InChI=1S/C31H39N2.C16H16N.Au/c1-20(2)24-13-11-14-25(21(3)4)30(24)32-19-33(29-18-10-9-17-28(29)32)31-26(22(5)6)15-12-16-27(31)23(7)8;1-9-5-11(3)15-13(7-9)14-8-10(2)6-12(4)16(14)17-15;/h9-23H,1-8H3;5-8H,1-4H3;/q2*-1;. The molecule has 7 rings (SSSR count). The Labute approximate surface area is 323 Å². The number of hydrogen-bond acceptors (Lipinski definition) is 2. The van der Waals surface area contributed by atoms with Gasteiger partial charge in [-0.15, -0.1) is 17.7 Å². The van der Waals surface area contributed by atoms with Gasteiger partial charge in [0.15, 0.2) is 0 Å². The summed E-state index contributed by atoms with van der Waals surface area (Å²) in [7, 11) is 0. The molecule has 2 heterocycles. The van der Waals surface area contributed by atoms with Gasteiger partial charge in [0, 0.05) is 45.1 Å². The van der Waals surface area contributed by atoms with Crippen molar-refractivity contribution < 1.29 is 22.4 Å². The predicted molar refractivity (Wildman–Crippen MR) is 218 cm³/mol. The molecule has 0 N–H and O–H groups in total. The van der Waals surface area contributed by atoms with Crippen LogP contribution in [0.2, 0.25) is 0 Å². The van der Waals surface area contributed by atoms with E-state index in [-0.39, 0.29) is 22.4 Å². The monoisotopic (exact) mass is 858 g/mol. The third-order valence-corrected chi connectivity index (χ3v) is 10.2. The molecule has 1 aliphatic heterocycles. The van der Waals surface area contributed by atoms with E-state index in [9.17, 15) is 0 Å². The first kappa shape index (κ1) is 38.5. The molecule has 4 heteroatoms. The molecule has 0 atom stereocenters. The van der Waals surface area contributed by atoms with Crippen molar-refractivity contribution >= 4 is 44.6 Å². The molecule has 51 heavy (non-hydrogen) atoms. The van der Waals surface area contributed by atoms with Crippen LogP contribution in [0.5, 0.6) is 0 Å². The van der Waals surface area contributed by atoms with E-state index in [0.717, 1.165) is 11.0 Å². The number of hydrogen-bond donors (Lipinski definition) is 0. The second-order valence-corrected chi connectivity index (χ2v) is 15.6. The molecule has 0 saturated carbocycles. The van der Waals surface area contributed by atoms with Gasteiger partial charge >= 0.3 is 0 Å². The molecule has 0 amide bonds. The fourth-order valence-electron chi connectivity index (χ4n) is 7.79. The summed E-state index contributed by atoms with van der Waals surface area (Å²) in [4.78, 5) is 9.69. The van der Waals surface area contributed by atoms with Crippen molar-refractivity contribution in [2.45, 2.75) is 107 Å². The van der Waals surface area contributed by atoms with Crippen LogP contribution in [0.3, 0.4) is 0 Å². The fraction of sp³-hybridized carbons (Fsp3) is 0.340. The summed E-state index contributed by atoms with van der Waals surface area (Å²) in [6.07, 6.45) is 0. The van der Waals surface area contributed by atoms with Crippen molar-refractivity contribution in [2.75, 3.05) is 9.80 Å². The van der Waals surface area contributed by atoms with Crippen LogP contribution < -0.4 is 14.8 Å². The first-order valence-electron chi connectivity index (χ1n) is 18.5. The smallest absolute Gasteiger partial charge is 0.0345 e. The van der Waals surface area contributed by atoms with Crippen LogP contribution in [0.4, 0.5) is 22.7 Å². The zero-order valence-corrected chi connectivity index (χ0v) is 34.8. The van der Waals surface area contributed by atoms with Gasteiger partial charge in [-0.3, -0.25) is 0 Å². The molecule has 0 unspecified atom stereocenters. The summed E-state index contributed by atoms with van der Waals surface area (Å²) < 4.78 is 0. The van der Waals surface area contributed by atoms with Crippen LogP contribution in [-0.4, -0.2) is 0 Å². The van der Waals surface area contributed by atoms with E-state index in [4.69, 9.17) is 4.98 Å². The Morgan fingerprint density at radius 3 is 1.12 bits per heavy atom. The van der Waals surface area contributed by atoms with Gasteiger partial charge in [0.1, 0.15) is 0 Å². The number of rotatable bonds is 6. The van der Waals surface area contributed by atoms with Crippen LogP contribution in [0.25, 0.3) is 21.8 Å². The maximum Gasteiger partial charge on any atom is 0.0345 e. The molecule has 0 aliphatic carbocycles. The van der Waals surface area contributed by atoms with Gasteiger partial charge in [0.05, 0.1) is 0 Å². The molecule has 0 fully saturated rings. The minimum absolute atomic E-state index is 0. The van der Waals surface area contributed by atoms with Crippen molar-refractivity contribution in [3.8, 4) is 0 Å². The summed E-state index contributed by atoms with van der Waals surface area (Å²) in [5.74, 6) is 1.79. The minimum atomic E-state index is 0. The van der Waals surface area contributed by atoms with E-state index in [2.05, 4.69) is 184 Å². The summed E-state index contributed by atoms with van der Waals surface area (Å²) in [5.41, 5.74) is 18.2. The Bertz CT molecular complexity index is 1960. The first-order valence-corrected chi connectivity index (χ1v) is 18.5. The van der Waals surface area contributed by atoms with Crippen molar-refractivity contribution in [2.24, 2.45) is 0 Å². The third-order valence-electron chi connectivity index (χ3n) is 10.2. The summed E-state index contributed by atoms with van der Waals surface area (Å²) in [6, 6.07) is 31.4. The predicted octanol–water partition coefficient (Wildman–Crippen LogP) is 13.8. The van der Waals surface area contributed by atoms with Crippen molar-refractivity contribution in [1.29, 1.82) is 0 Å². The van der Waals surface area contributed by atoms with E-state index >= 15 is 0 Å². The SMILES string of the molecule is CC(C)c1cccc(C(C)C)c1N1[CH-]N(c2c(C(C)C)cccc2C(C)C)c2ccccc21.Cc1cc(C)c2[n-]c3c(C)cc(C)cc3c2c1.[Au]. The van der Waals surface area contributed by atoms with E-state index in [1.165, 1.54) is 78.0 Å². The van der Waals surface area contributed by atoms with Crippen LogP contribution in [0, 0.1) is 34.4 Å². The molecule has 3 nitrogen and oxygen atoms in total. The van der Waals surface area contributed by atoms with Crippen molar-refractivity contribution in [1.82, 2.24) is 4.98 Å². The van der Waals surface area contributed by atoms with Crippen molar-refractivity contribution in [3.05, 3.63) is 136 Å². The quantitative estimate of drug-likeness (QED) is 0.123. The van der Waals surface area contributed by atoms with Crippen molar-refractivity contribution in [3.63, 3.8) is 0 Å². The van der Waals surface area contributed by atoms with E-state index in [1.54, 1.807) is 0 Å². The van der Waals surface area contributed by atoms with E-state index < -0.39 is 0 Å². The summed E-state index contributed by atoms with van der Waals surface area (Å²) in [5, 5.41) is 2.59. The van der Waals surface area contributed by atoms with Gasteiger partial charge in [-0.2, -0.15) is 0 Å². The van der Waals surface area contributed by atoms with Gasteiger partial charge in [-0.1, -0.05) is 150 Å². The van der Waals surface area contributed by atoms with E-state index in [0.29, 0.717) is 23.7 Å². The van der Waals surface area contributed by atoms with Gasteiger partial charge in [-0.05, 0) is 96.5 Å². The number of benzene rings is 5. The van der Waals surface area contributed by atoms with Crippen LogP contribution in [0.1, 0.15) is 124 Å². The Balaban J connectivity index is 0.000000235. The number of para-hydroxylation sites is 4. The average molecular weight is 859 g/mol. The minimum Gasteiger partial charge on any atom is -0.656 e. The Morgan fingerprint density at radius 1 is 0.471 bits per heavy atom. The molecule has 0 bridgehead atoms. The molecule has 1 aliphatic rings. The molecule has 0 saturated heterocycles. The van der Waals surface area contributed by atoms with Crippen LogP contribution in [-0.2, 0) is 22.4 Å². The van der Waals surface area contributed by atoms with Gasteiger partial charge in [-0.25, -0.2) is 0 Å². The van der Waals surface area contributed by atoms with Crippen LogP contribution in [0.15, 0.2) is 84.9 Å². The molecule has 1 radical (unpaired) electrons. The zero-order valence-electron chi connectivity index (χ0n) is 32.6. The van der Waals surface area contributed by atoms with E-state index in [1.807, 2.05) is 0 Å². The maximum absolute atomic E-state index is 4.80. The molecule has 271 valence electrons. The Morgan fingerprint density at radius 2 is 0.804 bits per heavy atom. The number of aromatic nitrogens is 1. The maximum atomic E-state index is 4.80. The zero-order chi connectivity index (χ0) is 36.0. The number of aryl methyl sites for hydroxylation is 4. The number of fused-ring (bicyclic) bond motifs is 4. The Hall–Kier alpha value is -3.76. The first-order chi connectivity index (χ1) is 23.8. The van der Waals surface area contributed by atoms with Gasteiger partial charge in [0.25, 0.3) is 0 Å². The number of nitrogens with zero attached hydrogens (tertiary/aromatic N) is 3. The largest absolute Gasteiger partial charge is 0.656 e. The second-order valence-electron chi connectivity index (χ2n) is 15.6. The summed E-state index contributed by atoms with van der Waals surface area (Å²) in [6.45, 7) is 29.3. The normalized spacial score (nSPS) is 12.7. The molecular weight excluding hydrogens is 804 g/mol. The fourth-order valence-corrected chi connectivity index (χ4v) is 7.79. The Kier molecular flexibility index (Phi) is 11.7. The molecule has 6 aromatic rings. The second kappa shape index (κ2) is 15.5. The third kappa shape index (κ3) is 7.31. The molecular formula is C47H55AuN3-2.